The molecule has 1 amide bonds. The van der Waals surface area contributed by atoms with Crippen LogP contribution in [0.4, 0.5) is 0 Å². The molecule has 1 aromatic heterocycles. The zero-order chi connectivity index (χ0) is 19.6. The quantitative estimate of drug-likeness (QED) is 0.502. The van der Waals surface area contributed by atoms with Gasteiger partial charge in [-0.3, -0.25) is 14.5 Å². The van der Waals surface area contributed by atoms with E-state index >= 15 is 0 Å². The average Bonchev–Trinajstić information content (AvgIpc) is 3.14. The summed E-state index contributed by atoms with van der Waals surface area (Å²) in [5.41, 5.74) is 1.21. The Morgan fingerprint density at radius 1 is 1.22 bits per heavy atom. The minimum Gasteiger partial charge on any atom is -0.508 e. The van der Waals surface area contributed by atoms with Crippen molar-refractivity contribution in [3.05, 3.63) is 47.1 Å². The number of phenolic OH excluding ortho intramolecular Hbond substituents is 2. The lowest BCUT2D eigenvalue weighted by molar-refractivity contribution is -0.137. The summed E-state index contributed by atoms with van der Waals surface area (Å²) in [5, 5.41) is 28.1. The zero-order valence-corrected chi connectivity index (χ0v) is 15.7. The van der Waals surface area contributed by atoms with Crippen LogP contribution in [0.2, 0.25) is 0 Å². The van der Waals surface area contributed by atoms with E-state index in [0.29, 0.717) is 27.0 Å². The minimum absolute atomic E-state index is 0.0278. The van der Waals surface area contributed by atoms with Crippen molar-refractivity contribution >= 4 is 46.3 Å². The van der Waals surface area contributed by atoms with Gasteiger partial charge in [0.2, 0.25) is 0 Å². The third kappa shape index (κ3) is 4.32. The molecular weight excluding hydrogens is 388 g/mol. The summed E-state index contributed by atoms with van der Waals surface area (Å²) >= 11 is 6.40. The minimum atomic E-state index is -0.914. The molecule has 0 aliphatic carbocycles. The van der Waals surface area contributed by atoms with Gasteiger partial charge in [-0.1, -0.05) is 24.0 Å². The fourth-order valence-corrected chi connectivity index (χ4v) is 3.97. The number of hydrogen-bond donors (Lipinski definition) is 3. The van der Waals surface area contributed by atoms with E-state index < -0.39 is 5.97 Å². The number of carboxylic acid groups (broad SMARTS) is 1. The molecule has 3 rings (SSSR count). The number of nitrogens with zero attached hydrogens (tertiary/aromatic N) is 2. The molecule has 0 spiro atoms. The highest BCUT2D eigenvalue weighted by Crippen LogP contribution is 2.33. The summed E-state index contributed by atoms with van der Waals surface area (Å²) in [6.45, 7) is 0.260. The van der Waals surface area contributed by atoms with Crippen molar-refractivity contribution in [1.29, 1.82) is 0 Å². The van der Waals surface area contributed by atoms with Crippen molar-refractivity contribution < 1.29 is 24.9 Å². The molecule has 27 heavy (non-hydrogen) atoms. The van der Waals surface area contributed by atoms with Gasteiger partial charge in [-0.15, -0.1) is 0 Å². The number of rotatable bonds is 6. The first-order chi connectivity index (χ1) is 12.8. The number of thioether (sulfide) groups is 1. The number of phenols is 2. The van der Waals surface area contributed by atoms with Crippen LogP contribution in [0, 0.1) is 0 Å². The lowest BCUT2D eigenvalue weighted by Crippen LogP contribution is -2.29. The van der Waals surface area contributed by atoms with Crippen LogP contribution in [0.5, 0.6) is 11.5 Å². The molecule has 9 heteroatoms. The predicted octanol–water partition coefficient (Wildman–Crippen LogP) is 2.95. The van der Waals surface area contributed by atoms with Gasteiger partial charge in [0.05, 0.1) is 10.6 Å². The van der Waals surface area contributed by atoms with Gasteiger partial charge in [0, 0.05) is 43.1 Å². The highest BCUT2D eigenvalue weighted by molar-refractivity contribution is 8.26. The number of benzene rings is 1. The maximum absolute atomic E-state index is 12.6. The molecule has 0 saturated carbocycles. The first-order valence-corrected chi connectivity index (χ1v) is 9.25. The van der Waals surface area contributed by atoms with Crippen molar-refractivity contribution in [3.63, 3.8) is 0 Å². The molecule has 1 fully saturated rings. The molecule has 3 N–H and O–H groups in total. The van der Waals surface area contributed by atoms with Gasteiger partial charge < -0.3 is 19.9 Å². The Morgan fingerprint density at radius 3 is 2.59 bits per heavy atom. The van der Waals surface area contributed by atoms with Crippen molar-refractivity contribution in [2.24, 2.45) is 0 Å². The maximum Gasteiger partial charge on any atom is 0.303 e. The van der Waals surface area contributed by atoms with Crippen molar-refractivity contribution in [1.82, 2.24) is 9.47 Å². The Kier molecular flexibility index (Phi) is 5.52. The van der Waals surface area contributed by atoms with E-state index in [1.165, 1.54) is 23.1 Å². The largest absolute Gasteiger partial charge is 0.508 e. The Bertz CT molecular complexity index is 931. The standard InChI is InChI=1S/C18H16N2O5S2/c21-13-7-12(8-14(22)10-13)19-5-1-3-11(19)9-15-17(25)20(18(26)27-15)6-2-4-16(23)24/h1,3,5,7-10,21-22H,2,4,6H2,(H,23,24). The van der Waals surface area contributed by atoms with Crippen LogP contribution in [0.25, 0.3) is 11.8 Å². The fourth-order valence-electron chi connectivity index (χ4n) is 2.68. The molecular formula is C18H16N2O5S2. The molecule has 2 heterocycles. The number of aromatic hydroxyl groups is 2. The van der Waals surface area contributed by atoms with Crippen LogP contribution in [0.1, 0.15) is 18.5 Å². The maximum atomic E-state index is 12.6. The number of carbonyl (C=O) groups excluding carboxylic acids is 1. The SMILES string of the molecule is O=C(O)CCCN1C(=O)C(=Cc2cccn2-c2cc(O)cc(O)c2)SC1=S. The number of aromatic nitrogens is 1. The normalized spacial score (nSPS) is 15.7. The summed E-state index contributed by atoms with van der Waals surface area (Å²) in [6, 6.07) is 7.79. The first kappa shape index (κ1) is 19.0. The molecule has 1 aliphatic heterocycles. The molecule has 0 bridgehead atoms. The van der Waals surface area contributed by atoms with Crippen LogP contribution in [0.15, 0.2) is 41.4 Å². The van der Waals surface area contributed by atoms with Gasteiger partial charge in [-0.2, -0.15) is 0 Å². The summed E-state index contributed by atoms with van der Waals surface area (Å²) in [7, 11) is 0. The van der Waals surface area contributed by atoms with Gasteiger partial charge in [0.1, 0.15) is 15.8 Å². The highest BCUT2D eigenvalue weighted by atomic mass is 32.2. The van der Waals surface area contributed by atoms with Gasteiger partial charge in [0.25, 0.3) is 5.91 Å². The molecule has 1 saturated heterocycles. The van der Waals surface area contributed by atoms with E-state index in [9.17, 15) is 19.8 Å². The second-order valence-corrected chi connectivity index (χ2v) is 7.52. The first-order valence-electron chi connectivity index (χ1n) is 8.03. The number of carbonyl (C=O) groups is 2. The smallest absolute Gasteiger partial charge is 0.303 e. The third-order valence-corrected chi connectivity index (χ3v) is 5.25. The van der Waals surface area contributed by atoms with E-state index in [1.807, 2.05) is 0 Å². The lowest BCUT2D eigenvalue weighted by Gasteiger charge is -2.13. The van der Waals surface area contributed by atoms with E-state index in [1.54, 1.807) is 29.0 Å². The topological polar surface area (TPSA) is 103 Å². The molecule has 0 atom stereocenters. The van der Waals surface area contributed by atoms with Crippen LogP contribution < -0.4 is 0 Å². The summed E-state index contributed by atoms with van der Waals surface area (Å²) in [4.78, 5) is 25.1. The van der Waals surface area contributed by atoms with Gasteiger partial charge in [-0.25, -0.2) is 0 Å². The van der Waals surface area contributed by atoms with E-state index in [2.05, 4.69) is 0 Å². The number of carboxylic acids is 1. The van der Waals surface area contributed by atoms with Gasteiger partial charge in [0.15, 0.2) is 0 Å². The van der Waals surface area contributed by atoms with Gasteiger partial charge >= 0.3 is 5.97 Å². The summed E-state index contributed by atoms with van der Waals surface area (Å²) < 4.78 is 2.11. The lowest BCUT2D eigenvalue weighted by atomic mass is 10.2. The molecule has 0 radical (unpaired) electrons. The number of thiocarbonyl (C=S) groups is 1. The molecule has 140 valence electrons. The molecule has 2 aromatic rings. The highest BCUT2D eigenvalue weighted by Gasteiger charge is 2.31. The van der Waals surface area contributed by atoms with Crippen molar-refractivity contribution in [3.8, 4) is 17.2 Å². The van der Waals surface area contributed by atoms with Crippen LogP contribution >= 0.6 is 24.0 Å². The second kappa shape index (κ2) is 7.85. The van der Waals surface area contributed by atoms with Crippen LogP contribution in [-0.4, -0.2) is 47.5 Å². The van der Waals surface area contributed by atoms with E-state index in [0.717, 1.165) is 11.8 Å². The number of aliphatic carboxylic acids is 1. The number of amides is 1. The predicted molar refractivity (Wildman–Crippen MR) is 106 cm³/mol. The summed E-state index contributed by atoms with van der Waals surface area (Å²) in [5.74, 6) is -1.33. The molecule has 7 nitrogen and oxygen atoms in total. The molecule has 1 aromatic carbocycles. The zero-order valence-electron chi connectivity index (χ0n) is 14.0. The van der Waals surface area contributed by atoms with Crippen LogP contribution in [0.3, 0.4) is 0 Å². The van der Waals surface area contributed by atoms with E-state index in [-0.39, 0.29) is 30.4 Å². The summed E-state index contributed by atoms with van der Waals surface area (Å²) in [6.07, 6.45) is 3.72. The Labute approximate surface area is 164 Å². The Balaban J connectivity index is 1.84. The molecule has 1 aliphatic rings. The molecule has 0 unspecified atom stereocenters. The third-order valence-electron chi connectivity index (χ3n) is 3.87. The van der Waals surface area contributed by atoms with E-state index in [4.69, 9.17) is 17.3 Å². The van der Waals surface area contributed by atoms with Gasteiger partial charge in [-0.05, 0) is 24.6 Å². The fraction of sp³-hybridized carbons (Fsp3) is 0.167. The average molecular weight is 404 g/mol. The Morgan fingerprint density at radius 2 is 1.93 bits per heavy atom. The van der Waals surface area contributed by atoms with Crippen molar-refractivity contribution in [2.75, 3.05) is 6.54 Å². The monoisotopic (exact) mass is 404 g/mol. The number of hydrogen-bond acceptors (Lipinski definition) is 6. The Hall–Kier alpha value is -2.78. The second-order valence-electron chi connectivity index (χ2n) is 5.84. The van der Waals surface area contributed by atoms with Crippen LogP contribution in [-0.2, 0) is 9.59 Å². The van der Waals surface area contributed by atoms with Crippen molar-refractivity contribution in [2.45, 2.75) is 12.8 Å².